The van der Waals surface area contributed by atoms with E-state index < -0.39 is 0 Å². The highest BCUT2D eigenvalue weighted by atomic mass is 15.2. The molecule has 0 N–H and O–H groups in total. The molecule has 4 fully saturated rings. The molecule has 0 bridgehead atoms. The predicted octanol–water partition coefficient (Wildman–Crippen LogP) is 5.22. The quantitative estimate of drug-likeness (QED) is 0.532. The van der Waals surface area contributed by atoms with Gasteiger partial charge >= 0.3 is 0 Å². The van der Waals surface area contributed by atoms with Gasteiger partial charge in [0.15, 0.2) is 0 Å². The Bertz CT molecular complexity index is 449. The number of hydrogen-bond donors (Lipinski definition) is 0. The number of likely N-dealkylation sites (tertiary alicyclic amines) is 3. The lowest BCUT2D eigenvalue weighted by molar-refractivity contribution is 0.181. The molecule has 5 nitrogen and oxygen atoms in total. The minimum absolute atomic E-state index is 0.759. The smallest absolute Gasteiger partial charge is 0.0107 e. The van der Waals surface area contributed by atoms with Gasteiger partial charge < -0.3 is 24.5 Å². The number of hydrogen-bond acceptors (Lipinski definition) is 5. The van der Waals surface area contributed by atoms with Gasteiger partial charge in [-0.3, -0.25) is 0 Å². The average Bonchev–Trinajstić information content (AvgIpc) is 3.46. The highest BCUT2D eigenvalue weighted by molar-refractivity contribution is 4.75. The molecule has 2 atom stereocenters. The molecule has 210 valence electrons. The number of piperazine rings is 1. The molecule has 4 heterocycles. The summed E-state index contributed by atoms with van der Waals surface area (Å²) in [4.78, 5) is 12.4. The second kappa shape index (κ2) is 18.1. The molecular weight excluding hydrogens is 430 g/mol. The number of rotatable bonds is 3. The van der Waals surface area contributed by atoms with Crippen LogP contribution in [0.2, 0.25) is 0 Å². The SMILES string of the molecule is CC(C)N1CCCCC1.CC(C)N1CC[C@@H](C)C1.CC(C)N1CC[C@H](C)C1.CN1CCN(C)CC1. The lowest BCUT2D eigenvalue weighted by Crippen LogP contribution is -2.42. The molecule has 4 rings (SSSR count). The summed E-state index contributed by atoms with van der Waals surface area (Å²) in [5, 5.41) is 0. The highest BCUT2D eigenvalue weighted by Gasteiger charge is 2.20. The van der Waals surface area contributed by atoms with E-state index in [1.165, 1.54) is 97.6 Å². The van der Waals surface area contributed by atoms with Crippen LogP contribution in [0.3, 0.4) is 0 Å². The molecular formula is C30H65N5. The van der Waals surface area contributed by atoms with Crippen molar-refractivity contribution in [2.75, 3.05) is 79.5 Å². The monoisotopic (exact) mass is 496 g/mol. The Labute approximate surface area is 221 Å². The normalized spacial score (nSPS) is 27.3. The Morgan fingerprint density at radius 3 is 1.00 bits per heavy atom. The van der Waals surface area contributed by atoms with Gasteiger partial charge in [-0.25, -0.2) is 0 Å². The molecule has 4 saturated heterocycles. The first kappa shape index (κ1) is 32.8. The van der Waals surface area contributed by atoms with Crippen molar-refractivity contribution in [3.63, 3.8) is 0 Å². The Morgan fingerprint density at radius 2 is 0.800 bits per heavy atom. The molecule has 0 spiro atoms. The fourth-order valence-corrected chi connectivity index (χ4v) is 5.22. The summed E-state index contributed by atoms with van der Waals surface area (Å²) in [7, 11) is 4.35. The van der Waals surface area contributed by atoms with Gasteiger partial charge in [0.05, 0.1) is 0 Å². The predicted molar refractivity (Wildman–Crippen MR) is 157 cm³/mol. The van der Waals surface area contributed by atoms with E-state index in [4.69, 9.17) is 0 Å². The molecule has 0 radical (unpaired) electrons. The van der Waals surface area contributed by atoms with E-state index in [0.717, 1.165) is 30.0 Å². The van der Waals surface area contributed by atoms with Crippen molar-refractivity contribution >= 4 is 0 Å². The fraction of sp³-hybridized carbons (Fsp3) is 1.00. The zero-order valence-electron chi connectivity index (χ0n) is 25.7. The summed E-state index contributed by atoms with van der Waals surface area (Å²) in [6.45, 7) is 31.2. The van der Waals surface area contributed by atoms with Crippen LogP contribution in [0.25, 0.3) is 0 Å². The maximum absolute atomic E-state index is 2.56. The molecule has 5 heteroatoms. The van der Waals surface area contributed by atoms with Crippen molar-refractivity contribution < 1.29 is 0 Å². The van der Waals surface area contributed by atoms with E-state index in [1.807, 2.05) is 0 Å². The summed E-state index contributed by atoms with van der Waals surface area (Å²) < 4.78 is 0. The third kappa shape index (κ3) is 15.0. The minimum atomic E-state index is 0.759. The highest BCUT2D eigenvalue weighted by Crippen LogP contribution is 2.17. The van der Waals surface area contributed by atoms with Crippen LogP contribution in [0.15, 0.2) is 0 Å². The maximum Gasteiger partial charge on any atom is 0.0107 e. The van der Waals surface area contributed by atoms with Crippen LogP contribution in [-0.4, -0.2) is 122 Å². The van der Waals surface area contributed by atoms with Gasteiger partial charge in [-0.15, -0.1) is 0 Å². The van der Waals surface area contributed by atoms with Gasteiger partial charge in [0, 0.05) is 57.4 Å². The fourth-order valence-electron chi connectivity index (χ4n) is 5.22. The van der Waals surface area contributed by atoms with Crippen LogP contribution in [0, 0.1) is 11.8 Å². The first-order valence-corrected chi connectivity index (χ1v) is 15.1. The van der Waals surface area contributed by atoms with Crippen LogP contribution >= 0.6 is 0 Å². The topological polar surface area (TPSA) is 16.2 Å². The Kier molecular flexibility index (Phi) is 17.0. The molecule has 0 saturated carbocycles. The van der Waals surface area contributed by atoms with Crippen molar-refractivity contribution in [3.8, 4) is 0 Å². The van der Waals surface area contributed by atoms with Crippen LogP contribution in [0.1, 0.15) is 87.5 Å². The lowest BCUT2D eigenvalue weighted by Gasteiger charge is -2.29. The molecule has 0 amide bonds. The van der Waals surface area contributed by atoms with E-state index in [1.54, 1.807) is 0 Å². The van der Waals surface area contributed by atoms with Crippen molar-refractivity contribution in [1.29, 1.82) is 0 Å². The van der Waals surface area contributed by atoms with Gasteiger partial charge in [-0.1, -0.05) is 20.3 Å². The summed E-state index contributed by atoms with van der Waals surface area (Å²) in [5.74, 6) is 1.87. The van der Waals surface area contributed by atoms with Crippen LogP contribution in [0.4, 0.5) is 0 Å². The molecule has 4 aliphatic rings. The van der Waals surface area contributed by atoms with E-state index in [0.29, 0.717) is 0 Å². The standard InChI is InChI=1S/3C8H17N.C6H14N2/c2*1-7(2)9-5-4-8(3)6-9;1-8(2)9-6-4-3-5-7-9;1-7-3-5-8(2)6-4-7/h2*7-8H,4-6H2,1-3H3;8H,3-7H2,1-2H3;3-6H2,1-2H3/t2*8-;;/m10../s1. The third-order valence-corrected chi connectivity index (χ3v) is 8.22. The molecule has 4 aliphatic heterocycles. The zero-order chi connectivity index (χ0) is 26.4. The van der Waals surface area contributed by atoms with Crippen molar-refractivity contribution in [2.24, 2.45) is 11.8 Å². The zero-order valence-corrected chi connectivity index (χ0v) is 25.7. The van der Waals surface area contributed by atoms with E-state index in [9.17, 15) is 0 Å². The minimum Gasteiger partial charge on any atom is -0.304 e. The van der Waals surface area contributed by atoms with Crippen molar-refractivity contribution in [2.45, 2.75) is 106 Å². The summed E-state index contributed by atoms with van der Waals surface area (Å²) in [5.41, 5.74) is 0. The van der Waals surface area contributed by atoms with Gasteiger partial charge in [-0.05, 0) is 119 Å². The maximum atomic E-state index is 2.56. The lowest BCUT2D eigenvalue weighted by atomic mass is 10.1. The van der Waals surface area contributed by atoms with E-state index in [2.05, 4.69) is 94.0 Å². The molecule has 0 aromatic rings. The summed E-state index contributed by atoms with van der Waals surface area (Å²) in [6, 6.07) is 2.29. The molecule has 0 aromatic carbocycles. The third-order valence-electron chi connectivity index (χ3n) is 8.22. The second-order valence-electron chi connectivity index (χ2n) is 12.8. The van der Waals surface area contributed by atoms with Crippen molar-refractivity contribution in [1.82, 2.24) is 24.5 Å². The Balaban J connectivity index is 0.000000234. The number of nitrogens with zero attached hydrogens (tertiary/aromatic N) is 5. The van der Waals surface area contributed by atoms with E-state index in [-0.39, 0.29) is 0 Å². The van der Waals surface area contributed by atoms with Crippen molar-refractivity contribution in [3.05, 3.63) is 0 Å². The Hall–Kier alpha value is -0.200. The second-order valence-corrected chi connectivity index (χ2v) is 12.8. The molecule has 0 unspecified atom stereocenters. The molecule has 35 heavy (non-hydrogen) atoms. The largest absolute Gasteiger partial charge is 0.304 e. The molecule has 0 aromatic heterocycles. The number of piperidine rings is 1. The summed E-state index contributed by atoms with van der Waals surface area (Å²) in [6.07, 6.45) is 7.08. The number of likely N-dealkylation sites (N-methyl/N-ethyl adjacent to an activating group) is 2. The first-order valence-electron chi connectivity index (χ1n) is 15.1. The van der Waals surface area contributed by atoms with Crippen LogP contribution < -0.4 is 0 Å². The average molecular weight is 496 g/mol. The van der Waals surface area contributed by atoms with Gasteiger partial charge in [0.25, 0.3) is 0 Å². The molecule has 0 aliphatic carbocycles. The van der Waals surface area contributed by atoms with Gasteiger partial charge in [0.2, 0.25) is 0 Å². The van der Waals surface area contributed by atoms with Crippen LogP contribution in [-0.2, 0) is 0 Å². The Morgan fingerprint density at radius 1 is 0.457 bits per heavy atom. The van der Waals surface area contributed by atoms with Gasteiger partial charge in [-0.2, -0.15) is 0 Å². The van der Waals surface area contributed by atoms with Crippen LogP contribution in [0.5, 0.6) is 0 Å². The van der Waals surface area contributed by atoms with Gasteiger partial charge in [0.1, 0.15) is 0 Å². The van der Waals surface area contributed by atoms with E-state index >= 15 is 0 Å². The summed E-state index contributed by atoms with van der Waals surface area (Å²) >= 11 is 0. The first-order chi connectivity index (χ1) is 16.5.